The minimum Gasteiger partial charge on any atom is -0.438 e. The molecule has 7 nitrogen and oxygen atoms in total. The van der Waals surface area contributed by atoms with Crippen LogP contribution in [0.2, 0.25) is 0 Å². The fourth-order valence-corrected chi connectivity index (χ4v) is 4.36. The number of pyridine rings is 1. The number of aromatic nitrogens is 2. The van der Waals surface area contributed by atoms with Crippen LogP contribution < -0.4 is 5.32 Å². The maximum absolute atomic E-state index is 13.3. The molecule has 0 radical (unpaired) electrons. The maximum Gasteiger partial charge on any atom is 0.419 e. The Morgan fingerprint density at radius 3 is 2.31 bits per heavy atom. The van der Waals surface area contributed by atoms with E-state index in [1.165, 1.54) is 0 Å². The Morgan fingerprint density at radius 2 is 1.71 bits per heavy atom. The third-order valence-electron chi connectivity index (χ3n) is 6.13. The molecular weight excluding hydrogens is 482 g/mol. The SMILES string of the molecule is O=C(NCc1cccc2ccnn12)N1C(=O)O[C@H](c2cc(C(F)(F)F)cc(C(F)(F)F)c2)C12CC2. The van der Waals surface area contributed by atoms with Gasteiger partial charge < -0.3 is 10.1 Å². The number of carbonyl (C=O) groups excluding carboxylic acids is 2. The largest absolute Gasteiger partial charge is 0.438 e. The van der Waals surface area contributed by atoms with Crippen LogP contribution in [0.1, 0.15) is 41.3 Å². The smallest absolute Gasteiger partial charge is 0.419 e. The average Bonchev–Trinajstić information content (AvgIpc) is 3.29. The van der Waals surface area contributed by atoms with Crippen LogP contribution >= 0.6 is 0 Å². The first-order valence-corrected chi connectivity index (χ1v) is 10.4. The van der Waals surface area contributed by atoms with Crippen molar-refractivity contribution in [1.29, 1.82) is 0 Å². The van der Waals surface area contributed by atoms with Crippen LogP contribution in [0.15, 0.2) is 48.7 Å². The molecule has 3 amide bonds. The summed E-state index contributed by atoms with van der Waals surface area (Å²) in [6.45, 7) is -0.0375. The van der Waals surface area contributed by atoms with E-state index in [0.29, 0.717) is 17.8 Å². The summed E-state index contributed by atoms with van der Waals surface area (Å²) in [6, 6.07) is 7.15. The normalized spacial score (nSPS) is 19.3. The van der Waals surface area contributed by atoms with E-state index in [1.54, 1.807) is 35.0 Å². The van der Waals surface area contributed by atoms with E-state index in [-0.39, 0.29) is 25.5 Å². The third kappa shape index (κ3) is 3.94. The number of amides is 3. The van der Waals surface area contributed by atoms with Gasteiger partial charge in [0.05, 0.1) is 34.4 Å². The molecule has 0 bridgehead atoms. The molecule has 1 spiro atoms. The Morgan fingerprint density at radius 1 is 1.06 bits per heavy atom. The van der Waals surface area contributed by atoms with Gasteiger partial charge in [0.25, 0.3) is 0 Å². The van der Waals surface area contributed by atoms with Gasteiger partial charge in [0.1, 0.15) is 0 Å². The van der Waals surface area contributed by atoms with E-state index in [0.717, 1.165) is 10.4 Å². The molecule has 1 aliphatic carbocycles. The number of nitrogens with one attached hydrogen (secondary N) is 1. The number of ether oxygens (including phenoxy) is 1. The molecular formula is C22H16F6N4O3. The number of benzene rings is 1. The van der Waals surface area contributed by atoms with Crippen molar-refractivity contribution in [3.8, 4) is 0 Å². The van der Waals surface area contributed by atoms with Gasteiger partial charge in [-0.1, -0.05) is 6.07 Å². The summed E-state index contributed by atoms with van der Waals surface area (Å²) in [5.41, 5.74) is -3.54. The maximum atomic E-state index is 13.3. The third-order valence-corrected chi connectivity index (χ3v) is 6.13. The molecule has 0 unspecified atom stereocenters. The van der Waals surface area contributed by atoms with E-state index in [9.17, 15) is 35.9 Å². The van der Waals surface area contributed by atoms with Crippen molar-refractivity contribution >= 4 is 17.6 Å². The fraction of sp³-hybridized carbons (Fsp3) is 0.318. The molecule has 35 heavy (non-hydrogen) atoms. The second kappa shape index (κ2) is 7.62. The molecule has 2 aromatic heterocycles. The molecule has 3 heterocycles. The second-order valence-electron chi connectivity index (χ2n) is 8.39. The average molecular weight is 498 g/mol. The number of alkyl halides is 6. The van der Waals surface area contributed by atoms with Crippen molar-refractivity contribution in [2.45, 2.75) is 43.4 Å². The highest BCUT2D eigenvalue weighted by Crippen LogP contribution is 2.57. The zero-order chi connectivity index (χ0) is 25.2. The van der Waals surface area contributed by atoms with Crippen molar-refractivity contribution in [3.05, 3.63) is 71.0 Å². The molecule has 1 aliphatic heterocycles. The van der Waals surface area contributed by atoms with Crippen molar-refractivity contribution in [1.82, 2.24) is 19.8 Å². The van der Waals surface area contributed by atoms with Crippen molar-refractivity contribution < 1.29 is 40.7 Å². The minimum atomic E-state index is -5.06. The number of nitrogens with zero attached hydrogens (tertiary/aromatic N) is 3. The van der Waals surface area contributed by atoms with E-state index < -0.39 is 52.8 Å². The molecule has 1 atom stereocenters. The first-order valence-electron chi connectivity index (χ1n) is 10.4. The quantitative estimate of drug-likeness (QED) is 0.497. The zero-order valence-corrected chi connectivity index (χ0v) is 17.7. The van der Waals surface area contributed by atoms with Crippen LogP contribution in [0, 0.1) is 0 Å². The summed E-state index contributed by atoms with van der Waals surface area (Å²) < 4.78 is 86.6. The van der Waals surface area contributed by atoms with Crippen molar-refractivity contribution in [2.75, 3.05) is 0 Å². The standard InChI is InChI=1S/C22H16F6N4O3/c23-21(24,25)13-8-12(9-14(10-13)22(26,27)28)17-20(5-6-20)31(19(34)35-17)18(33)29-11-16-3-1-2-15-4-7-30-32(15)16/h1-4,7-10,17H,5-6,11H2,(H,29,33)/t17-/m1/s1. The highest BCUT2D eigenvalue weighted by atomic mass is 19.4. The number of hydrogen-bond donors (Lipinski definition) is 1. The summed E-state index contributed by atoms with van der Waals surface area (Å²) in [5.74, 6) is 0. The van der Waals surface area contributed by atoms with E-state index in [4.69, 9.17) is 4.74 Å². The highest BCUT2D eigenvalue weighted by Gasteiger charge is 2.66. The van der Waals surface area contributed by atoms with Gasteiger partial charge in [0.2, 0.25) is 0 Å². The molecule has 1 aromatic carbocycles. The van der Waals surface area contributed by atoms with E-state index in [2.05, 4.69) is 10.4 Å². The number of imide groups is 1. The molecule has 3 aromatic rings. The first kappa shape index (κ1) is 23.0. The molecule has 1 N–H and O–H groups in total. The van der Waals surface area contributed by atoms with Crippen LogP contribution in [-0.2, 0) is 23.6 Å². The summed E-state index contributed by atoms with van der Waals surface area (Å²) in [7, 11) is 0. The van der Waals surface area contributed by atoms with Crippen LogP contribution in [0.3, 0.4) is 0 Å². The van der Waals surface area contributed by atoms with Crippen LogP contribution in [0.4, 0.5) is 35.9 Å². The summed E-state index contributed by atoms with van der Waals surface area (Å²) in [4.78, 5) is 26.2. The lowest BCUT2D eigenvalue weighted by molar-refractivity contribution is -0.143. The Labute approximate surface area is 193 Å². The lowest BCUT2D eigenvalue weighted by Gasteiger charge is -2.24. The number of fused-ring (bicyclic) bond motifs is 1. The number of cyclic esters (lactones) is 1. The molecule has 2 aliphatic rings. The lowest BCUT2D eigenvalue weighted by atomic mass is 9.95. The second-order valence-corrected chi connectivity index (χ2v) is 8.39. The van der Waals surface area contributed by atoms with E-state index in [1.807, 2.05) is 0 Å². The van der Waals surface area contributed by atoms with Crippen LogP contribution in [-0.4, -0.2) is 32.2 Å². The number of urea groups is 1. The number of hydrogen-bond acceptors (Lipinski definition) is 4. The van der Waals surface area contributed by atoms with Gasteiger partial charge in [0.15, 0.2) is 6.10 Å². The molecule has 13 heteroatoms. The number of carbonyl (C=O) groups is 2. The highest BCUT2D eigenvalue weighted by molar-refractivity contribution is 5.94. The fourth-order valence-electron chi connectivity index (χ4n) is 4.36. The van der Waals surface area contributed by atoms with Gasteiger partial charge in [-0.3, -0.25) is 0 Å². The Balaban J connectivity index is 1.43. The molecule has 184 valence electrons. The zero-order valence-electron chi connectivity index (χ0n) is 17.7. The predicted molar refractivity (Wildman–Crippen MR) is 107 cm³/mol. The van der Waals surface area contributed by atoms with Gasteiger partial charge in [-0.05, 0) is 54.8 Å². The number of rotatable bonds is 3. The Bertz CT molecular complexity index is 1300. The predicted octanol–water partition coefficient (Wildman–Crippen LogP) is 5.31. The van der Waals surface area contributed by atoms with Crippen molar-refractivity contribution in [3.63, 3.8) is 0 Å². The minimum absolute atomic E-state index is 0.000203. The van der Waals surface area contributed by atoms with Crippen LogP contribution in [0.25, 0.3) is 5.52 Å². The van der Waals surface area contributed by atoms with E-state index >= 15 is 0 Å². The van der Waals surface area contributed by atoms with Gasteiger partial charge in [0, 0.05) is 6.20 Å². The molecule has 5 rings (SSSR count). The first-order chi connectivity index (χ1) is 16.4. The Hall–Kier alpha value is -3.77. The van der Waals surface area contributed by atoms with Gasteiger partial charge in [-0.2, -0.15) is 31.4 Å². The molecule has 1 saturated heterocycles. The van der Waals surface area contributed by atoms with Crippen LogP contribution in [0.5, 0.6) is 0 Å². The van der Waals surface area contributed by atoms with Gasteiger partial charge >= 0.3 is 24.5 Å². The summed E-state index contributed by atoms with van der Waals surface area (Å²) in [5, 5.41) is 6.69. The van der Waals surface area contributed by atoms with Gasteiger partial charge in [-0.15, -0.1) is 0 Å². The monoisotopic (exact) mass is 498 g/mol. The van der Waals surface area contributed by atoms with Crippen molar-refractivity contribution in [2.24, 2.45) is 0 Å². The molecule has 2 fully saturated rings. The number of halogens is 6. The summed E-state index contributed by atoms with van der Waals surface area (Å²) >= 11 is 0. The topological polar surface area (TPSA) is 75.9 Å². The molecule has 1 saturated carbocycles. The Kier molecular flexibility index (Phi) is 5.00. The summed E-state index contributed by atoms with van der Waals surface area (Å²) in [6.07, 6.45) is -10.8. The van der Waals surface area contributed by atoms with Gasteiger partial charge in [-0.25, -0.2) is 19.0 Å². The lowest BCUT2D eigenvalue weighted by Crippen LogP contribution is -2.47.